The standard InChI is InChI=1S/C15H17ClN2O2S/c1-8(2)12-11(14(19)20-3)13(18-15(21)17-12)9-6-4-5-7-10(9)16/h4-8,13H,1-3H3,(H2,17,18,21)/t13-/m0/s1. The van der Waals surface area contributed by atoms with E-state index in [0.29, 0.717) is 15.7 Å². The van der Waals surface area contributed by atoms with E-state index in [2.05, 4.69) is 10.6 Å². The van der Waals surface area contributed by atoms with Gasteiger partial charge in [0, 0.05) is 10.7 Å². The van der Waals surface area contributed by atoms with Crippen LogP contribution in [0.4, 0.5) is 0 Å². The van der Waals surface area contributed by atoms with E-state index in [4.69, 9.17) is 28.6 Å². The summed E-state index contributed by atoms with van der Waals surface area (Å²) < 4.78 is 4.93. The van der Waals surface area contributed by atoms with Crippen LogP contribution >= 0.6 is 23.8 Å². The molecule has 0 spiro atoms. The Kier molecular flexibility index (Phi) is 4.85. The van der Waals surface area contributed by atoms with Gasteiger partial charge in [0.1, 0.15) is 0 Å². The molecule has 1 aromatic carbocycles. The van der Waals surface area contributed by atoms with Gasteiger partial charge in [-0.1, -0.05) is 43.6 Å². The average molecular weight is 325 g/mol. The van der Waals surface area contributed by atoms with Crippen molar-refractivity contribution in [2.45, 2.75) is 19.9 Å². The fourth-order valence-electron chi connectivity index (χ4n) is 2.32. The monoisotopic (exact) mass is 324 g/mol. The van der Waals surface area contributed by atoms with E-state index in [-0.39, 0.29) is 5.92 Å². The number of methoxy groups -OCH3 is 1. The zero-order chi connectivity index (χ0) is 15.6. The number of hydrogen-bond acceptors (Lipinski definition) is 3. The predicted octanol–water partition coefficient (Wildman–Crippen LogP) is 2.94. The Bertz CT molecular complexity index is 613. The quantitative estimate of drug-likeness (QED) is 0.661. The summed E-state index contributed by atoms with van der Waals surface area (Å²) in [5.41, 5.74) is 2.06. The second-order valence-electron chi connectivity index (χ2n) is 5.03. The number of nitrogens with one attached hydrogen (secondary N) is 2. The first-order valence-electron chi connectivity index (χ1n) is 6.60. The third-order valence-corrected chi connectivity index (χ3v) is 3.87. The molecule has 2 N–H and O–H groups in total. The van der Waals surface area contributed by atoms with Crippen molar-refractivity contribution in [2.24, 2.45) is 5.92 Å². The van der Waals surface area contributed by atoms with Gasteiger partial charge in [-0.2, -0.15) is 0 Å². The molecule has 6 heteroatoms. The van der Waals surface area contributed by atoms with E-state index < -0.39 is 12.0 Å². The molecule has 0 amide bonds. The van der Waals surface area contributed by atoms with Crippen molar-refractivity contribution in [1.29, 1.82) is 0 Å². The zero-order valence-electron chi connectivity index (χ0n) is 12.1. The number of carbonyl (C=O) groups is 1. The average Bonchev–Trinajstić information content (AvgIpc) is 2.46. The maximum Gasteiger partial charge on any atom is 0.337 e. The van der Waals surface area contributed by atoms with Gasteiger partial charge in [0.15, 0.2) is 5.11 Å². The van der Waals surface area contributed by atoms with Gasteiger partial charge in [-0.15, -0.1) is 0 Å². The normalized spacial score (nSPS) is 18.3. The van der Waals surface area contributed by atoms with E-state index in [1.54, 1.807) is 6.07 Å². The Morgan fingerprint density at radius 2 is 2.05 bits per heavy atom. The first kappa shape index (κ1) is 15.8. The molecule has 112 valence electrons. The lowest BCUT2D eigenvalue weighted by Gasteiger charge is -2.32. The van der Waals surface area contributed by atoms with Crippen LogP contribution in [0.3, 0.4) is 0 Å². The van der Waals surface area contributed by atoms with Crippen LogP contribution in [0.1, 0.15) is 25.5 Å². The molecule has 1 atom stereocenters. The minimum atomic E-state index is -0.419. The van der Waals surface area contributed by atoms with Crippen molar-refractivity contribution in [1.82, 2.24) is 10.6 Å². The van der Waals surface area contributed by atoms with Crippen molar-refractivity contribution in [3.8, 4) is 0 Å². The molecule has 21 heavy (non-hydrogen) atoms. The third kappa shape index (κ3) is 3.19. The highest BCUT2D eigenvalue weighted by Crippen LogP contribution is 2.33. The summed E-state index contributed by atoms with van der Waals surface area (Å²) in [7, 11) is 1.36. The van der Waals surface area contributed by atoms with Gasteiger partial charge in [-0.3, -0.25) is 0 Å². The van der Waals surface area contributed by atoms with Crippen LogP contribution in [0, 0.1) is 5.92 Å². The van der Waals surface area contributed by atoms with Crippen molar-refractivity contribution >= 4 is 34.9 Å². The number of carbonyl (C=O) groups excluding carboxylic acids is 1. The van der Waals surface area contributed by atoms with Crippen molar-refractivity contribution in [2.75, 3.05) is 7.11 Å². The predicted molar refractivity (Wildman–Crippen MR) is 86.9 cm³/mol. The van der Waals surface area contributed by atoms with Gasteiger partial charge in [0.25, 0.3) is 0 Å². The molecule has 0 saturated heterocycles. The van der Waals surface area contributed by atoms with Crippen LogP contribution < -0.4 is 10.6 Å². The molecule has 0 bridgehead atoms. The lowest BCUT2D eigenvalue weighted by molar-refractivity contribution is -0.136. The van der Waals surface area contributed by atoms with Crippen LogP contribution in [0.2, 0.25) is 5.02 Å². The number of thiocarbonyl (C=S) groups is 1. The Morgan fingerprint density at radius 3 is 2.62 bits per heavy atom. The molecule has 0 fully saturated rings. The van der Waals surface area contributed by atoms with E-state index in [1.165, 1.54) is 7.11 Å². The minimum absolute atomic E-state index is 0.101. The van der Waals surface area contributed by atoms with Crippen molar-refractivity contribution < 1.29 is 9.53 Å². The Morgan fingerprint density at radius 1 is 1.38 bits per heavy atom. The van der Waals surface area contributed by atoms with Crippen LogP contribution in [0.15, 0.2) is 35.5 Å². The van der Waals surface area contributed by atoms with Gasteiger partial charge in [0.2, 0.25) is 0 Å². The maximum absolute atomic E-state index is 12.2. The number of esters is 1. The summed E-state index contributed by atoms with van der Waals surface area (Å²) in [5, 5.41) is 7.20. The van der Waals surface area contributed by atoms with Crippen LogP contribution in [-0.4, -0.2) is 18.2 Å². The number of ether oxygens (including phenoxy) is 1. The summed E-state index contributed by atoms with van der Waals surface area (Å²) in [5.74, 6) is -0.296. The minimum Gasteiger partial charge on any atom is -0.466 e. The van der Waals surface area contributed by atoms with E-state index in [9.17, 15) is 4.79 Å². The smallest absolute Gasteiger partial charge is 0.337 e. The molecule has 2 rings (SSSR count). The Labute approximate surface area is 134 Å². The molecule has 0 radical (unpaired) electrons. The van der Waals surface area contributed by atoms with Crippen LogP contribution in [-0.2, 0) is 9.53 Å². The molecular weight excluding hydrogens is 308 g/mol. The number of hydrogen-bond donors (Lipinski definition) is 2. The number of benzene rings is 1. The maximum atomic E-state index is 12.2. The highest BCUT2D eigenvalue weighted by molar-refractivity contribution is 7.80. The molecule has 4 nitrogen and oxygen atoms in total. The molecular formula is C15H17ClN2O2S. The van der Waals surface area contributed by atoms with Crippen LogP contribution in [0.25, 0.3) is 0 Å². The summed E-state index contributed by atoms with van der Waals surface area (Å²) in [4.78, 5) is 12.2. The molecule has 1 aromatic rings. The SMILES string of the molecule is COC(=O)C1=C(C(C)C)NC(=S)N[C@H]1c1ccccc1Cl. The highest BCUT2D eigenvalue weighted by Gasteiger charge is 2.33. The van der Waals surface area contributed by atoms with Crippen LogP contribution in [0.5, 0.6) is 0 Å². The second-order valence-corrected chi connectivity index (χ2v) is 5.84. The molecule has 1 heterocycles. The summed E-state index contributed by atoms with van der Waals surface area (Å²) in [6.07, 6.45) is 0. The van der Waals surface area contributed by atoms with Gasteiger partial charge in [-0.05, 0) is 29.8 Å². The Hall–Kier alpha value is -1.59. The molecule has 0 aromatic heterocycles. The van der Waals surface area contributed by atoms with Gasteiger partial charge in [0.05, 0.1) is 18.7 Å². The number of rotatable bonds is 3. The first-order valence-corrected chi connectivity index (χ1v) is 7.38. The molecule has 1 aliphatic rings. The molecule has 0 saturated carbocycles. The zero-order valence-corrected chi connectivity index (χ0v) is 13.6. The molecule has 0 unspecified atom stereocenters. The third-order valence-electron chi connectivity index (χ3n) is 3.30. The van der Waals surface area contributed by atoms with Gasteiger partial charge >= 0.3 is 5.97 Å². The first-order chi connectivity index (χ1) is 9.95. The van der Waals surface area contributed by atoms with Gasteiger partial charge in [-0.25, -0.2) is 4.79 Å². The van der Waals surface area contributed by atoms with Gasteiger partial charge < -0.3 is 15.4 Å². The number of halogens is 1. The fourth-order valence-corrected chi connectivity index (χ4v) is 2.79. The summed E-state index contributed by atoms with van der Waals surface area (Å²) in [6.45, 7) is 3.98. The Balaban J connectivity index is 2.61. The topological polar surface area (TPSA) is 50.4 Å². The summed E-state index contributed by atoms with van der Waals surface area (Å²) in [6, 6.07) is 6.95. The van der Waals surface area contributed by atoms with Crippen molar-refractivity contribution in [3.05, 3.63) is 46.1 Å². The highest BCUT2D eigenvalue weighted by atomic mass is 35.5. The van der Waals surface area contributed by atoms with E-state index in [0.717, 1.165) is 11.3 Å². The second kappa shape index (κ2) is 6.45. The molecule has 0 aliphatic carbocycles. The molecule has 1 aliphatic heterocycles. The number of allylic oxidation sites excluding steroid dienone is 1. The van der Waals surface area contributed by atoms with E-state index in [1.807, 2.05) is 32.0 Å². The lowest BCUT2D eigenvalue weighted by atomic mass is 9.91. The lowest BCUT2D eigenvalue weighted by Crippen LogP contribution is -2.46. The fraction of sp³-hybridized carbons (Fsp3) is 0.333. The summed E-state index contributed by atoms with van der Waals surface area (Å²) >= 11 is 11.5. The largest absolute Gasteiger partial charge is 0.466 e. The van der Waals surface area contributed by atoms with Crippen molar-refractivity contribution in [3.63, 3.8) is 0 Å². The van der Waals surface area contributed by atoms with E-state index >= 15 is 0 Å².